The monoisotopic (exact) mass is 206 g/mol. The SMILES string of the molecule is O=C(Nc1cccnc1)c1csnn1. The van der Waals surface area contributed by atoms with E-state index < -0.39 is 0 Å². The third-order valence-electron chi connectivity index (χ3n) is 1.51. The molecule has 0 saturated heterocycles. The predicted molar refractivity (Wildman–Crippen MR) is 52.1 cm³/mol. The van der Waals surface area contributed by atoms with Gasteiger partial charge in [0.25, 0.3) is 5.91 Å². The Labute approximate surface area is 84.0 Å². The van der Waals surface area contributed by atoms with Crippen molar-refractivity contribution in [2.75, 3.05) is 5.32 Å². The van der Waals surface area contributed by atoms with E-state index in [0.717, 1.165) is 11.5 Å². The van der Waals surface area contributed by atoms with Crippen LogP contribution < -0.4 is 5.32 Å². The molecule has 0 atom stereocenters. The van der Waals surface area contributed by atoms with Gasteiger partial charge in [-0.1, -0.05) is 4.49 Å². The quantitative estimate of drug-likeness (QED) is 0.801. The number of nitrogens with one attached hydrogen (secondary N) is 1. The third-order valence-corrected chi connectivity index (χ3v) is 2.02. The molecule has 1 amide bonds. The van der Waals surface area contributed by atoms with E-state index in [1.54, 1.807) is 29.9 Å². The summed E-state index contributed by atoms with van der Waals surface area (Å²) < 4.78 is 3.60. The van der Waals surface area contributed by atoms with Gasteiger partial charge in [-0.3, -0.25) is 9.78 Å². The first-order chi connectivity index (χ1) is 6.86. The van der Waals surface area contributed by atoms with Crippen LogP contribution in [0.2, 0.25) is 0 Å². The molecule has 0 bridgehead atoms. The van der Waals surface area contributed by atoms with Gasteiger partial charge in [0.15, 0.2) is 5.69 Å². The van der Waals surface area contributed by atoms with Crippen LogP contribution in [0.25, 0.3) is 0 Å². The van der Waals surface area contributed by atoms with Crippen LogP contribution in [0.4, 0.5) is 5.69 Å². The number of carbonyl (C=O) groups is 1. The Bertz CT molecular complexity index is 414. The molecule has 2 heterocycles. The summed E-state index contributed by atoms with van der Waals surface area (Å²) in [7, 11) is 0. The number of amides is 1. The summed E-state index contributed by atoms with van der Waals surface area (Å²) in [6, 6.07) is 3.50. The van der Waals surface area contributed by atoms with Crippen molar-refractivity contribution in [2.45, 2.75) is 0 Å². The normalized spacial score (nSPS) is 9.71. The van der Waals surface area contributed by atoms with Crippen LogP contribution in [0.1, 0.15) is 10.5 Å². The molecule has 6 heteroatoms. The summed E-state index contributed by atoms with van der Waals surface area (Å²) in [4.78, 5) is 15.3. The van der Waals surface area contributed by atoms with Crippen LogP contribution >= 0.6 is 11.5 Å². The van der Waals surface area contributed by atoms with E-state index in [1.165, 1.54) is 0 Å². The van der Waals surface area contributed by atoms with Gasteiger partial charge in [-0.15, -0.1) is 5.10 Å². The summed E-state index contributed by atoms with van der Waals surface area (Å²) >= 11 is 1.14. The lowest BCUT2D eigenvalue weighted by Gasteiger charge is -2.00. The number of hydrogen-bond donors (Lipinski definition) is 1. The molecule has 0 aliphatic heterocycles. The van der Waals surface area contributed by atoms with Crippen LogP contribution in [-0.2, 0) is 0 Å². The Hall–Kier alpha value is -1.82. The highest BCUT2D eigenvalue weighted by atomic mass is 32.1. The number of carbonyl (C=O) groups excluding carboxylic acids is 1. The molecule has 2 rings (SSSR count). The van der Waals surface area contributed by atoms with E-state index in [2.05, 4.69) is 19.9 Å². The highest BCUT2D eigenvalue weighted by Gasteiger charge is 2.08. The molecule has 0 aliphatic carbocycles. The van der Waals surface area contributed by atoms with Gasteiger partial charge in [-0.2, -0.15) is 0 Å². The number of rotatable bonds is 2. The van der Waals surface area contributed by atoms with E-state index in [-0.39, 0.29) is 5.91 Å². The standard InChI is InChI=1S/C8H6N4OS/c13-8(7-5-14-12-11-7)10-6-2-1-3-9-4-6/h1-5H,(H,10,13). The summed E-state index contributed by atoms with van der Waals surface area (Å²) in [6.45, 7) is 0. The number of nitrogens with zero attached hydrogens (tertiary/aromatic N) is 3. The lowest BCUT2D eigenvalue weighted by atomic mass is 10.4. The average Bonchev–Trinajstić information content (AvgIpc) is 2.72. The van der Waals surface area contributed by atoms with Gasteiger partial charge in [0.05, 0.1) is 11.9 Å². The Balaban J connectivity index is 2.10. The van der Waals surface area contributed by atoms with Crippen LogP contribution in [-0.4, -0.2) is 20.5 Å². The van der Waals surface area contributed by atoms with E-state index in [4.69, 9.17) is 0 Å². The fraction of sp³-hybridized carbons (Fsp3) is 0. The van der Waals surface area contributed by atoms with Crippen molar-refractivity contribution >= 4 is 23.1 Å². The molecule has 0 aliphatic rings. The van der Waals surface area contributed by atoms with Crippen molar-refractivity contribution in [3.05, 3.63) is 35.6 Å². The van der Waals surface area contributed by atoms with Gasteiger partial charge in [0.1, 0.15) is 0 Å². The predicted octanol–water partition coefficient (Wildman–Crippen LogP) is 1.19. The van der Waals surface area contributed by atoms with Gasteiger partial charge in [0, 0.05) is 11.6 Å². The van der Waals surface area contributed by atoms with Crippen molar-refractivity contribution < 1.29 is 4.79 Å². The summed E-state index contributed by atoms with van der Waals surface area (Å²) in [5.41, 5.74) is 0.962. The molecular weight excluding hydrogens is 200 g/mol. The number of aromatic nitrogens is 3. The van der Waals surface area contributed by atoms with Crippen molar-refractivity contribution in [3.63, 3.8) is 0 Å². The first-order valence-electron chi connectivity index (χ1n) is 3.85. The fourth-order valence-corrected chi connectivity index (χ4v) is 1.33. The second-order valence-corrected chi connectivity index (χ2v) is 3.10. The molecule has 1 N–H and O–H groups in total. The van der Waals surface area contributed by atoms with Crippen molar-refractivity contribution in [2.24, 2.45) is 0 Å². The highest BCUT2D eigenvalue weighted by molar-refractivity contribution is 7.03. The van der Waals surface area contributed by atoms with E-state index >= 15 is 0 Å². The average molecular weight is 206 g/mol. The molecule has 2 aromatic heterocycles. The van der Waals surface area contributed by atoms with Crippen molar-refractivity contribution in [1.29, 1.82) is 0 Å². The minimum absolute atomic E-state index is 0.272. The Morgan fingerprint density at radius 1 is 1.50 bits per heavy atom. The summed E-state index contributed by atoms with van der Waals surface area (Å²) in [5, 5.41) is 7.88. The molecule has 2 aromatic rings. The zero-order chi connectivity index (χ0) is 9.80. The van der Waals surface area contributed by atoms with E-state index in [0.29, 0.717) is 11.4 Å². The molecule has 0 spiro atoms. The van der Waals surface area contributed by atoms with Gasteiger partial charge in [0.2, 0.25) is 0 Å². The largest absolute Gasteiger partial charge is 0.319 e. The summed E-state index contributed by atoms with van der Waals surface area (Å²) in [6.07, 6.45) is 3.21. The second kappa shape index (κ2) is 3.93. The van der Waals surface area contributed by atoms with Gasteiger partial charge < -0.3 is 5.32 Å². The zero-order valence-corrected chi connectivity index (χ0v) is 7.86. The highest BCUT2D eigenvalue weighted by Crippen LogP contribution is 2.05. The topological polar surface area (TPSA) is 67.8 Å². The maximum Gasteiger partial charge on any atom is 0.277 e. The number of hydrogen-bond acceptors (Lipinski definition) is 5. The van der Waals surface area contributed by atoms with Crippen LogP contribution in [0, 0.1) is 0 Å². The lowest BCUT2D eigenvalue weighted by molar-refractivity contribution is 0.102. The molecule has 0 unspecified atom stereocenters. The minimum Gasteiger partial charge on any atom is -0.319 e. The lowest BCUT2D eigenvalue weighted by Crippen LogP contribution is -2.12. The Morgan fingerprint density at radius 3 is 3.07 bits per heavy atom. The Morgan fingerprint density at radius 2 is 2.43 bits per heavy atom. The second-order valence-electron chi connectivity index (χ2n) is 2.49. The fourth-order valence-electron chi connectivity index (χ4n) is 0.895. The third kappa shape index (κ3) is 1.91. The first kappa shape index (κ1) is 8.76. The maximum absolute atomic E-state index is 11.4. The molecule has 70 valence electrons. The minimum atomic E-state index is -0.272. The van der Waals surface area contributed by atoms with Gasteiger partial charge >= 0.3 is 0 Å². The maximum atomic E-state index is 11.4. The zero-order valence-electron chi connectivity index (χ0n) is 7.04. The molecule has 14 heavy (non-hydrogen) atoms. The Kier molecular flexibility index (Phi) is 2.46. The molecular formula is C8H6N4OS. The molecule has 0 aromatic carbocycles. The smallest absolute Gasteiger partial charge is 0.277 e. The molecule has 0 fully saturated rings. The number of pyridine rings is 1. The van der Waals surface area contributed by atoms with Crippen LogP contribution in [0.3, 0.4) is 0 Å². The van der Waals surface area contributed by atoms with E-state index in [1.807, 2.05) is 0 Å². The van der Waals surface area contributed by atoms with Gasteiger partial charge in [-0.05, 0) is 23.7 Å². The van der Waals surface area contributed by atoms with Crippen LogP contribution in [0.5, 0.6) is 0 Å². The van der Waals surface area contributed by atoms with E-state index in [9.17, 15) is 4.79 Å². The summed E-state index contributed by atoms with van der Waals surface area (Å²) in [5.74, 6) is -0.272. The molecule has 0 radical (unpaired) electrons. The van der Waals surface area contributed by atoms with Crippen molar-refractivity contribution in [1.82, 2.24) is 14.6 Å². The molecule has 0 saturated carbocycles. The van der Waals surface area contributed by atoms with Crippen LogP contribution in [0.15, 0.2) is 29.9 Å². The number of anilines is 1. The van der Waals surface area contributed by atoms with Gasteiger partial charge in [-0.25, -0.2) is 0 Å². The van der Waals surface area contributed by atoms with Crippen molar-refractivity contribution in [3.8, 4) is 0 Å². The first-order valence-corrected chi connectivity index (χ1v) is 4.68. The molecule has 5 nitrogen and oxygen atoms in total.